The number of thiophene rings is 1. The largest absolute Gasteiger partial charge is 0.370 e. The normalized spacial score (nSPS) is 15.2. The van der Waals surface area contributed by atoms with Gasteiger partial charge < -0.3 is 10.1 Å². The number of halogens is 1. The van der Waals surface area contributed by atoms with E-state index in [1.54, 1.807) is 23.1 Å². The fourth-order valence-electron chi connectivity index (χ4n) is 3.68. The molecule has 0 radical (unpaired) electrons. The minimum atomic E-state index is -0.223. The van der Waals surface area contributed by atoms with Crippen molar-refractivity contribution in [3.63, 3.8) is 0 Å². The Morgan fingerprint density at radius 2 is 2.06 bits per heavy atom. The molecule has 1 aliphatic rings. The van der Waals surface area contributed by atoms with E-state index in [0.717, 1.165) is 37.6 Å². The highest BCUT2D eigenvalue weighted by molar-refractivity contribution is 9.10. The van der Waals surface area contributed by atoms with Crippen molar-refractivity contribution in [2.24, 2.45) is 0 Å². The number of benzene rings is 1. The molecule has 1 N–H and O–H groups in total. The maximum atomic E-state index is 12.5. The number of carbonyl (C=O) groups is 1. The summed E-state index contributed by atoms with van der Waals surface area (Å²) in [6.45, 7) is 4.81. The van der Waals surface area contributed by atoms with Gasteiger partial charge in [0.2, 0.25) is 5.91 Å². The molecule has 1 amide bonds. The van der Waals surface area contributed by atoms with Gasteiger partial charge in [-0.1, -0.05) is 39.5 Å². The number of anilines is 1. The molecule has 0 fully saturated rings. The van der Waals surface area contributed by atoms with E-state index in [-0.39, 0.29) is 17.3 Å². The van der Waals surface area contributed by atoms with Crippen LogP contribution in [0.15, 0.2) is 39.1 Å². The third-order valence-electron chi connectivity index (χ3n) is 5.16. The van der Waals surface area contributed by atoms with Crippen LogP contribution in [0, 0.1) is 0 Å². The second-order valence-electron chi connectivity index (χ2n) is 7.99. The zero-order chi connectivity index (χ0) is 22.5. The second kappa shape index (κ2) is 8.60. The Morgan fingerprint density at radius 1 is 1.28 bits per heavy atom. The molecule has 0 unspecified atom stereocenters. The molecule has 0 saturated carbocycles. The Kier molecular flexibility index (Phi) is 5.95. The maximum absolute atomic E-state index is 12.5. The monoisotopic (exact) mass is 549 g/mol. The Bertz CT molecular complexity index is 1330. The molecule has 0 aliphatic carbocycles. The van der Waals surface area contributed by atoms with Crippen molar-refractivity contribution in [2.45, 2.75) is 42.8 Å². The number of nitrogens with zero attached hydrogens (tertiary/aromatic N) is 4. The van der Waals surface area contributed by atoms with Crippen LogP contribution >= 0.6 is 50.8 Å². The van der Waals surface area contributed by atoms with Crippen molar-refractivity contribution >= 4 is 78.2 Å². The van der Waals surface area contributed by atoms with Crippen LogP contribution in [0.1, 0.15) is 24.3 Å². The van der Waals surface area contributed by atoms with Gasteiger partial charge in [-0.3, -0.25) is 4.79 Å². The molecule has 3 aromatic heterocycles. The number of carbonyl (C=O) groups excluding carboxylic acids is 1. The topological polar surface area (TPSA) is 81.4 Å². The van der Waals surface area contributed by atoms with Crippen molar-refractivity contribution in [3.05, 3.63) is 39.2 Å². The van der Waals surface area contributed by atoms with Gasteiger partial charge in [-0.25, -0.2) is 9.38 Å². The van der Waals surface area contributed by atoms with Gasteiger partial charge in [0, 0.05) is 21.5 Å². The van der Waals surface area contributed by atoms with Crippen LogP contribution in [0.25, 0.3) is 15.9 Å². The summed E-state index contributed by atoms with van der Waals surface area (Å²) in [4.78, 5) is 19.6. The summed E-state index contributed by atoms with van der Waals surface area (Å²) in [5.41, 5.74) is 2.58. The number of nitrogens with one attached hydrogen (secondary N) is 1. The number of ether oxygens (including phenoxy) is 1. The Hall–Kier alpha value is -1.66. The smallest absolute Gasteiger partial charge is 0.234 e. The third-order valence-corrected chi connectivity index (χ3v) is 8.35. The average Bonchev–Trinajstić information content (AvgIpc) is 3.33. The molecule has 4 heterocycles. The van der Waals surface area contributed by atoms with Gasteiger partial charge >= 0.3 is 0 Å². The van der Waals surface area contributed by atoms with Crippen LogP contribution in [0.3, 0.4) is 0 Å². The molecule has 7 nitrogen and oxygen atoms in total. The Morgan fingerprint density at radius 3 is 2.81 bits per heavy atom. The summed E-state index contributed by atoms with van der Waals surface area (Å²) < 4.78 is 8.94. The lowest BCUT2D eigenvalue weighted by atomic mass is 9.94. The van der Waals surface area contributed by atoms with E-state index in [2.05, 4.69) is 45.3 Å². The van der Waals surface area contributed by atoms with Gasteiger partial charge in [-0.2, -0.15) is 0 Å². The third kappa shape index (κ3) is 4.16. The van der Waals surface area contributed by atoms with Gasteiger partial charge in [0.25, 0.3) is 0 Å². The van der Waals surface area contributed by atoms with Gasteiger partial charge in [0.05, 0.1) is 23.3 Å². The van der Waals surface area contributed by atoms with Crippen LogP contribution in [0.5, 0.6) is 0 Å². The van der Waals surface area contributed by atoms with E-state index in [4.69, 9.17) is 9.72 Å². The summed E-state index contributed by atoms with van der Waals surface area (Å²) in [7, 11) is 0. The molecule has 1 aliphatic heterocycles. The van der Waals surface area contributed by atoms with Crippen molar-refractivity contribution in [3.8, 4) is 0 Å². The maximum Gasteiger partial charge on any atom is 0.234 e. The quantitative estimate of drug-likeness (QED) is 0.263. The molecule has 0 spiro atoms. The summed E-state index contributed by atoms with van der Waals surface area (Å²) in [6, 6.07) is 7.50. The highest BCUT2D eigenvalue weighted by Gasteiger charge is 2.31. The van der Waals surface area contributed by atoms with Gasteiger partial charge in [-0.15, -0.1) is 21.5 Å². The molecule has 4 aromatic rings. The zero-order valence-electron chi connectivity index (χ0n) is 17.6. The summed E-state index contributed by atoms with van der Waals surface area (Å²) in [5, 5.41) is 14.4. The highest BCUT2D eigenvalue weighted by atomic mass is 79.9. The van der Waals surface area contributed by atoms with Gasteiger partial charge in [0.15, 0.2) is 16.0 Å². The average molecular weight is 551 g/mol. The van der Waals surface area contributed by atoms with Gasteiger partial charge in [-0.05, 0) is 49.9 Å². The number of thioether (sulfide) groups is 2. The SMILES string of the molecule is CSc1nc2sc3c(c2c2nnc(SCC(=O)Nc4ccc(Br)cc4)n12)CC(C)(C)OC3. The predicted molar refractivity (Wildman–Crippen MR) is 134 cm³/mol. The molecule has 0 atom stereocenters. The standard InChI is InChI=1S/C21H20BrN5O2S3/c1-21(2)8-13-14(9-29-21)32-18-16(13)17-25-26-20(27(17)19(24-18)30-3)31-10-15(28)23-12-6-4-11(22)5-7-12/h4-7H,8-10H2,1-3H3,(H,23,28). The Labute approximate surface area is 205 Å². The lowest BCUT2D eigenvalue weighted by molar-refractivity contribution is -0.113. The second-order valence-corrected chi connectivity index (χ2v) is 11.7. The first kappa shape index (κ1) is 22.1. The molecule has 1 aromatic carbocycles. The lowest BCUT2D eigenvalue weighted by Crippen LogP contribution is -2.31. The zero-order valence-corrected chi connectivity index (χ0v) is 21.7. The minimum Gasteiger partial charge on any atom is -0.370 e. The molecule has 5 rings (SSSR count). The molecule has 32 heavy (non-hydrogen) atoms. The van der Waals surface area contributed by atoms with E-state index < -0.39 is 0 Å². The molecular formula is C21H20BrN5O2S3. The fraction of sp³-hybridized carbons (Fsp3) is 0.333. The first-order valence-electron chi connectivity index (χ1n) is 9.90. The number of hydrogen-bond donors (Lipinski definition) is 1. The molecule has 0 saturated heterocycles. The lowest BCUT2D eigenvalue weighted by Gasteiger charge is -2.30. The van der Waals surface area contributed by atoms with Crippen molar-refractivity contribution in [1.82, 2.24) is 19.6 Å². The van der Waals surface area contributed by atoms with E-state index >= 15 is 0 Å². The molecule has 0 bridgehead atoms. The first-order chi connectivity index (χ1) is 15.3. The summed E-state index contributed by atoms with van der Waals surface area (Å²) >= 11 is 7.97. The van der Waals surface area contributed by atoms with Crippen LogP contribution in [0.4, 0.5) is 5.69 Å². The summed E-state index contributed by atoms with van der Waals surface area (Å²) in [5.74, 6) is 0.131. The number of fused-ring (bicyclic) bond motifs is 5. The van der Waals surface area contributed by atoms with Crippen LogP contribution < -0.4 is 5.32 Å². The number of rotatable bonds is 5. The highest BCUT2D eigenvalue weighted by Crippen LogP contribution is 2.41. The molecular weight excluding hydrogens is 530 g/mol. The Balaban J connectivity index is 1.46. The number of aromatic nitrogens is 4. The summed E-state index contributed by atoms with van der Waals surface area (Å²) in [6.07, 6.45) is 2.80. The number of hydrogen-bond acceptors (Lipinski definition) is 8. The fourth-order valence-corrected chi connectivity index (χ4v) is 6.43. The van der Waals surface area contributed by atoms with Crippen LogP contribution in [-0.4, -0.2) is 43.1 Å². The van der Waals surface area contributed by atoms with Crippen molar-refractivity contribution in [1.29, 1.82) is 0 Å². The molecule has 166 valence electrons. The van der Waals surface area contributed by atoms with Crippen molar-refractivity contribution in [2.75, 3.05) is 17.3 Å². The van der Waals surface area contributed by atoms with Gasteiger partial charge in [0.1, 0.15) is 4.83 Å². The predicted octanol–water partition coefficient (Wildman–Crippen LogP) is 5.41. The molecule has 11 heteroatoms. The van der Waals surface area contributed by atoms with E-state index in [9.17, 15) is 4.79 Å². The van der Waals surface area contributed by atoms with Crippen LogP contribution in [0.2, 0.25) is 0 Å². The van der Waals surface area contributed by atoms with Crippen LogP contribution in [-0.2, 0) is 22.6 Å². The first-order valence-corrected chi connectivity index (χ1v) is 13.7. The van der Waals surface area contributed by atoms with E-state index in [1.807, 2.05) is 34.9 Å². The van der Waals surface area contributed by atoms with Crippen molar-refractivity contribution < 1.29 is 9.53 Å². The van der Waals surface area contributed by atoms with E-state index in [1.165, 1.54) is 22.2 Å². The van der Waals surface area contributed by atoms with E-state index in [0.29, 0.717) is 11.8 Å². The number of amides is 1. The minimum absolute atomic E-state index is 0.0966.